The Balaban J connectivity index is 2.14. The minimum absolute atomic E-state index is 0.245. The van der Waals surface area contributed by atoms with Crippen LogP contribution in [0.25, 0.3) is 0 Å². The first-order valence-electron chi connectivity index (χ1n) is 6.83. The molecule has 0 aromatic heterocycles. The average Bonchev–Trinajstić information content (AvgIpc) is 2.35. The highest BCUT2D eigenvalue weighted by atomic mass is 16.5. The molecule has 0 radical (unpaired) electrons. The summed E-state index contributed by atoms with van der Waals surface area (Å²) in [5.41, 5.74) is 2.49. The first-order valence-corrected chi connectivity index (χ1v) is 6.83. The van der Waals surface area contributed by atoms with E-state index in [4.69, 9.17) is 4.74 Å². The lowest BCUT2D eigenvalue weighted by atomic mass is 10.00. The molecule has 0 saturated carbocycles. The quantitative estimate of drug-likeness (QED) is 0.859. The van der Waals surface area contributed by atoms with Gasteiger partial charge in [0.25, 0.3) is 0 Å². The van der Waals surface area contributed by atoms with E-state index < -0.39 is 0 Å². The second-order valence-corrected chi connectivity index (χ2v) is 5.39. The van der Waals surface area contributed by atoms with Gasteiger partial charge >= 0.3 is 0 Å². The molecule has 2 unspecified atom stereocenters. The van der Waals surface area contributed by atoms with E-state index in [1.165, 1.54) is 5.56 Å². The maximum atomic E-state index is 6.08. The minimum Gasteiger partial charge on any atom is -0.486 e. The van der Waals surface area contributed by atoms with Crippen LogP contribution in [0.5, 0.6) is 5.75 Å². The van der Waals surface area contributed by atoms with Crippen LogP contribution in [0.2, 0.25) is 0 Å². The number of benzene rings is 1. The first kappa shape index (κ1) is 13.2. The summed E-state index contributed by atoms with van der Waals surface area (Å²) in [5.74, 6) is 1.54. The number of anilines is 1. The van der Waals surface area contributed by atoms with Gasteiger partial charge in [-0.2, -0.15) is 0 Å². The zero-order chi connectivity index (χ0) is 13.1. The van der Waals surface area contributed by atoms with E-state index in [0.717, 1.165) is 24.4 Å². The van der Waals surface area contributed by atoms with Crippen LogP contribution in [-0.2, 0) is 0 Å². The summed E-state index contributed by atoms with van der Waals surface area (Å²) >= 11 is 0. The summed E-state index contributed by atoms with van der Waals surface area (Å²) in [4.78, 5) is 0. The normalized spacial score (nSPS) is 22.3. The molecule has 1 aromatic carbocycles. The highest BCUT2D eigenvalue weighted by Crippen LogP contribution is 2.34. The summed E-state index contributed by atoms with van der Waals surface area (Å²) in [6, 6.07) is 6.82. The molecular formula is C15H24N2O. The van der Waals surface area contributed by atoms with Gasteiger partial charge in [0, 0.05) is 0 Å². The van der Waals surface area contributed by atoms with Crippen LogP contribution in [0.15, 0.2) is 18.2 Å². The van der Waals surface area contributed by atoms with E-state index >= 15 is 0 Å². The van der Waals surface area contributed by atoms with Crippen molar-refractivity contribution >= 4 is 5.69 Å². The van der Waals surface area contributed by atoms with Crippen molar-refractivity contribution in [3.63, 3.8) is 0 Å². The molecule has 3 nitrogen and oxygen atoms in total. The summed E-state index contributed by atoms with van der Waals surface area (Å²) in [6.45, 7) is 7.59. The number of hydrogen-bond acceptors (Lipinski definition) is 3. The van der Waals surface area contributed by atoms with Crippen LogP contribution in [-0.4, -0.2) is 25.7 Å². The molecule has 3 heteroatoms. The Morgan fingerprint density at radius 3 is 2.83 bits per heavy atom. The summed E-state index contributed by atoms with van der Waals surface area (Å²) in [7, 11) is 1.98. The molecule has 0 fully saturated rings. The van der Waals surface area contributed by atoms with Crippen molar-refractivity contribution in [3.05, 3.63) is 23.8 Å². The van der Waals surface area contributed by atoms with Crippen LogP contribution >= 0.6 is 0 Å². The maximum absolute atomic E-state index is 6.08. The fourth-order valence-electron chi connectivity index (χ4n) is 2.32. The van der Waals surface area contributed by atoms with Gasteiger partial charge in [0.2, 0.25) is 0 Å². The van der Waals surface area contributed by atoms with Crippen molar-refractivity contribution < 1.29 is 4.74 Å². The van der Waals surface area contributed by atoms with Crippen molar-refractivity contribution in [2.24, 2.45) is 0 Å². The molecule has 2 atom stereocenters. The number of hydrogen-bond donors (Lipinski definition) is 2. The molecule has 0 bridgehead atoms. The van der Waals surface area contributed by atoms with E-state index in [1.807, 2.05) is 7.05 Å². The second-order valence-electron chi connectivity index (χ2n) is 5.39. The van der Waals surface area contributed by atoms with E-state index in [1.54, 1.807) is 0 Å². The smallest absolute Gasteiger partial charge is 0.142 e. The van der Waals surface area contributed by atoms with Gasteiger partial charge in [-0.25, -0.2) is 0 Å². The predicted molar refractivity (Wildman–Crippen MR) is 76.6 cm³/mol. The molecule has 0 spiro atoms. The molecular weight excluding hydrogens is 224 g/mol. The van der Waals surface area contributed by atoms with E-state index in [9.17, 15) is 0 Å². The van der Waals surface area contributed by atoms with Crippen molar-refractivity contribution in [2.45, 2.75) is 45.3 Å². The van der Waals surface area contributed by atoms with Crippen molar-refractivity contribution in [1.82, 2.24) is 5.32 Å². The Bertz CT molecular complexity index is 403. The molecule has 0 saturated heterocycles. The highest BCUT2D eigenvalue weighted by molar-refractivity contribution is 5.60. The van der Waals surface area contributed by atoms with Gasteiger partial charge in [-0.15, -0.1) is 0 Å². The third-order valence-electron chi connectivity index (χ3n) is 3.57. The first-order chi connectivity index (χ1) is 8.61. The third kappa shape index (κ3) is 2.78. The van der Waals surface area contributed by atoms with Crippen LogP contribution in [0.1, 0.15) is 38.7 Å². The molecule has 1 aliphatic rings. The Morgan fingerprint density at radius 1 is 1.39 bits per heavy atom. The lowest BCUT2D eigenvalue weighted by molar-refractivity contribution is 0.165. The fourth-order valence-corrected chi connectivity index (χ4v) is 2.32. The Hall–Kier alpha value is -1.22. The average molecular weight is 248 g/mol. The zero-order valence-corrected chi connectivity index (χ0v) is 11.8. The molecule has 0 amide bonds. The van der Waals surface area contributed by atoms with Crippen LogP contribution in [0, 0.1) is 0 Å². The van der Waals surface area contributed by atoms with Gasteiger partial charge in [-0.05, 0) is 50.6 Å². The molecule has 1 heterocycles. The highest BCUT2D eigenvalue weighted by Gasteiger charge is 2.25. The van der Waals surface area contributed by atoms with E-state index in [2.05, 4.69) is 49.6 Å². The van der Waals surface area contributed by atoms with Crippen molar-refractivity contribution in [1.29, 1.82) is 0 Å². The number of fused-ring (bicyclic) bond motifs is 1. The molecule has 2 N–H and O–H groups in total. The van der Waals surface area contributed by atoms with Gasteiger partial charge in [0.1, 0.15) is 11.9 Å². The van der Waals surface area contributed by atoms with Gasteiger partial charge in [-0.3, -0.25) is 0 Å². The van der Waals surface area contributed by atoms with Crippen LogP contribution in [0.3, 0.4) is 0 Å². The lowest BCUT2D eigenvalue weighted by Crippen LogP contribution is -2.40. The molecule has 18 heavy (non-hydrogen) atoms. The summed E-state index contributed by atoms with van der Waals surface area (Å²) < 4.78 is 6.08. The van der Waals surface area contributed by atoms with Crippen molar-refractivity contribution in [2.75, 3.05) is 18.9 Å². The number of rotatable bonds is 4. The summed E-state index contributed by atoms with van der Waals surface area (Å²) in [6.07, 6.45) is 1.27. The van der Waals surface area contributed by atoms with Gasteiger partial charge in [0.15, 0.2) is 0 Å². The Morgan fingerprint density at radius 2 is 2.17 bits per heavy atom. The third-order valence-corrected chi connectivity index (χ3v) is 3.57. The molecule has 0 aliphatic carbocycles. The maximum Gasteiger partial charge on any atom is 0.142 e. The van der Waals surface area contributed by atoms with Crippen molar-refractivity contribution in [3.8, 4) is 5.75 Å². The zero-order valence-electron chi connectivity index (χ0n) is 11.8. The molecule has 100 valence electrons. The van der Waals surface area contributed by atoms with Gasteiger partial charge in [-0.1, -0.05) is 19.9 Å². The van der Waals surface area contributed by atoms with E-state index in [0.29, 0.717) is 12.0 Å². The standard InChI is InChI=1S/C15H24N2O/c1-10(2)12-5-6-15-13(9-12)17-11(3)14(18-15)7-8-16-4/h5-6,9-11,14,16-17H,7-8H2,1-4H3. The fraction of sp³-hybridized carbons (Fsp3) is 0.600. The number of ether oxygens (including phenoxy) is 1. The van der Waals surface area contributed by atoms with Gasteiger partial charge < -0.3 is 15.4 Å². The second kappa shape index (κ2) is 5.61. The minimum atomic E-state index is 0.245. The Labute approximate surface area is 110 Å². The SMILES string of the molecule is CNCCC1Oc2ccc(C(C)C)cc2NC1C. The van der Waals surface area contributed by atoms with Gasteiger partial charge in [0.05, 0.1) is 11.7 Å². The largest absolute Gasteiger partial charge is 0.486 e. The summed E-state index contributed by atoms with van der Waals surface area (Å²) in [5, 5.41) is 6.74. The predicted octanol–water partition coefficient (Wildman–Crippen LogP) is 2.98. The molecule has 1 aliphatic heterocycles. The number of nitrogens with one attached hydrogen (secondary N) is 2. The monoisotopic (exact) mass is 248 g/mol. The topological polar surface area (TPSA) is 33.3 Å². The van der Waals surface area contributed by atoms with E-state index in [-0.39, 0.29) is 6.10 Å². The molecule has 1 aromatic rings. The van der Waals surface area contributed by atoms with Crippen LogP contribution < -0.4 is 15.4 Å². The lowest BCUT2D eigenvalue weighted by Gasteiger charge is -2.33. The Kier molecular flexibility index (Phi) is 4.12. The molecule has 2 rings (SSSR count). The van der Waals surface area contributed by atoms with Crippen LogP contribution in [0.4, 0.5) is 5.69 Å².